The van der Waals surface area contributed by atoms with Crippen molar-refractivity contribution in [2.75, 3.05) is 19.8 Å². The Labute approximate surface area is 128 Å². The molecule has 21 heavy (non-hydrogen) atoms. The van der Waals surface area contributed by atoms with Gasteiger partial charge < -0.3 is 14.8 Å². The minimum atomic E-state index is 0.507. The Hall–Kier alpha value is -1.22. The van der Waals surface area contributed by atoms with Crippen molar-refractivity contribution in [3.63, 3.8) is 0 Å². The second-order valence-electron chi connectivity index (χ2n) is 7.14. The summed E-state index contributed by atoms with van der Waals surface area (Å²) in [6.07, 6.45) is 6.40. The number of benzene rings is 1. The molecule has 1 aliphatic heterocycles. The number of rotatable bonds is 4. The van der Waals surface area contributed by atoms with Crippen molar-refractivity contribution in [2.24, 2.45) is 5.41 Å². The van der Waals surface area contributed by atoms with Gasteiger partial charge in [0.25, 0.3) is 0 Å². The third kappa shape index (κ3) is 3.91. The van der Waals surface area contributed by atoms with Crippen molar-refractivity contribution >= 4 is 0 Å². The summed E-state index contributed by atoms with van der Waals surface area (Å²) < 4.78 is 11.2. The minimum Gasteiger partial charge on any atom is -0.486 e. The molecule has 1 unspecified atom stereocenters. The molecule has 1 aromatic rings. The Bertz CT molecular complexity index is 484. The highest BCUT2D eigenvalue weighted by Gasteiger charge is 2.27. The molecule has 0 bridgehead atoms. The van der Waals surface area contributed by atoms with Crippen molar-refractivity contribution in [1.29, 1.82) is 0 Å². The topological polar surface area (TPSA) is 30.5 Å². The molecule has 1 N–H and O–H groups in total. The van der Waals surface area contributed by atoms with Gasteiger partial charge in [0.1, 0.15) is 13.2 Å². The van der Waals surface area contributed by atoms with Crippen LogP contribution >= 0.6 is 0 Å². The molecule has 0 aromatic heterocycles. The van der Waals surface area contributed by atoms with Crippen LogP contribution in [0, 0.1) is 5.41 Å². The van der Waals surface area contributed by atoms with Crippen LogP contribution in [0.3, 0.4) is 0 Å². The lowest BCUT2D eigenvalue weighted by atomic mass is 9.75. The van der Waals surface area contributed by atoms with E-state index in [1.807, 2.05) is 6.07 Å². The fourth-order valence-corrected chi connectivity index (χ4v) is 3.54. The summed E-state index contributed by atoms with van der Waals surface area (Å²) in [6, 6.07) is 7.00. The third-order valence-electron chi connectivity index (χ3n) is 4.66. The Morgan fingerprint density at radius 3 is 2.81 bits per heavy atom. The first-order chi connectivity index (χ1) is 10.1. The quantitative estimate of drug-likeness (QED) is 0.919. The molecule has 1 heterocycles. The van der Waals surface area contributed by atoms with E-state index in [0.29, 0.717) is 24.7 Å². The van der Waals surface area contributed by atoms with E-state index in [1.165, 1.54) is 31.2 Å². The molecule has 0 saturated heterocycles. The molecule has 3 nitrogen and oxygen atoms in total. The highest BCUT2D eigenvalue weighted by atomic mass is 16.6. The smallest absolute Gasteiger partial charge is 0.161 e. The van der Waals surface area contributed by atoms with E-state index in [1.54, 1.807) is 0 Å². The molecular weight excluding hydrogens is 262 g/mol. The van der Waals surface area contributed by atoms with Crippen LogP contribution < -0.4 is 14.8 Å². The normalized spacial score (nSPS) is 23.8. The van der Waals surface area contributed by atoms with Crippen LogP contribution in [0.5, 0.6) is 11.5 Å². The molecule has 3 heteroatoms. The first kappa shape index (κ1) is 14.7. The Kier molecular flexibility index (Phi) is 4.39. The molecular formula is C18H27NO2. The van der Waals surface area contributed by atoms with E-state index in [4.69, 9.17) is 9.47 Å². The van der Waals surface area contributed by atoms with Gasteiger partial charge in [-0.05, 0) is 55.3 Å². The van der Waals surface area contributed by atoms with Gasteiger partial charge in [-0.1, -0.05) is 26.3 Å². The van der Waals surface area contributed by atoms with Crippen LogP contribution in [0.4, 0.5) is 0 Å². The maximum absolute atomic E-state index is 5.64. The molecule has 0 radical (unpaired) electrons. The van der Waals surface area contributed by atoms with Crippen molar-refractivity contribution < 1.29 is 9.47 Å². The first-order valence-corrected chi connectivity index (χ1v) is 8.24. The summed E-state index contributed by atoms with van der Waals surface area (Å²) >= 11 is 0. The SMILES string of the molecule is CC1(C)CCCC(NCCc2ccc3c(c2)OCCO3)C1. The van der Waals surface area contributed by atoms with Crippen molar-refractivity contribution in [3.8, 4) is 11.5 Å². The van der Waals surface area contributed by atoms with Gasteiger partial charge in [-0.2, -0.15) is 0 Å². The van der Waals surface area contributed by atoms with Gasteiger partial charge in [-0.25, -0.2) is 0 Å². The zero-order valence-corrected chi connectivity index (χ0v) is 13.3. The summed E-state index contributed by atoms with van der Waals surface area (Å²) in [4.78, 5) is 0. The Morgan fingerprint density at radius 2 is 2.00 bits per heavy atom. The fraction of sp³-hybridized carbons (Fsp3) is 0.667. The summed E-state index contributed by atoms with van der Waals surface area (Å²) in [7, 11) is 0. The number of nitrogens with one attached hydrogen (secondary N) is 1. The maximum atomic E-state index is 5.64. The lowest BCUT2D eigenvalue weighted by Gasteiger charge is -2.35. The van der Waals surface area contributed by atoms with Crippen LogP contribution in [-0.2, 0) is 6.42 Å². The average Bonchev–Trinajstić information content (AvgIpc) is 2.46. The van der Waals surface area contributed by atoms with Gasteiger partial charge in [0.05, 0.1) is 0 Å². The van der Waals surface area contributed by atoms with Gasteiger partial charge >= 0.3 is 0 Å². The summed E-state index contributed by atoms with van der Waals surface area (Å²) in [6.45, 7) is 7.14. The second kappa shape index (κ2) is 6.27. The summed E-state index contributed by atoms with van der Waals surface area (Å²) in [5.74, 6) is 1.78. The average molecular weight is 289 g/mol. The molecule has 1 fully saturated rings. The van der Waals surface area contributed by atoms with Crippen molar-refractivity contribution in [3.05, 3.63) is 23.8 Å². The van der Waals surface area contributed by atoms with Crippen LogP contribution in [-0.4, -0.2) is 25.8 Å². The summed E-state index contributed by atoms with van der Waals surface area (Å²) in [5, 5.41) is 3.73. The second-order valence-corrected chi connectivity index (χ2v) is 7.14. The molecule has 1 aliphatic carbocycles. The number of hydrogen-bond donors (Lipinski definition) is 1. The minimum absolute atomic E-state index is 0.507. The Balaban J connectivity index is 1.49. The molecule has 3 rings (SSSR count). The predicted molar refractivity (Wildman–Crippen MR) is 85.2 cm³/mol. The molecule has 0 spiro atoms. The molecule has 1 atom stereocenters. The molecule has 1 aromatic carbocycles. The lowest BCUT2D eigenvalue weighted by molar-refractivity contribution is 0.171. The van der Waals surface area contributed by atoms with Crippen LogP contribution in [0.1, 0.15) is 45.1 Å². The standard InChI is InChI=1S/C18H27NO2/c1-18(2)8-3-4-15(13-18)19-9-7-14-5-6-16-17(12-14)21-11-10-20-16/h5-6,12,15,19H,3-4,7-11,13H2,1-2H3. The van der Waals surface area contributed by atoms with Crippen molar-refractivity contribution in [2.45, 2.75) is 52.0 Å². The zero-order chi connectivity index (χ0) is 14.7. The van der Waals surface area contributed by atoms with Gasteiger partial charge in [-0.15, -0.1) is 0 Å². The van der Waals surface area contributed by atoms with Crippen LogP contribution in [0.15, 0.2) is 18.2 Å². The van der Waals surface area contributed by atoms with E-state index < -0.39 is 0 Å². The Morgan fingerprint density at radius 1 is 1.19 bits per heavy atom. The van der Waals surface area contributed by atoms with E-state index in [-0.39, 0.29) is 0 Å². The fourth-order valence-electron chi connectivity index (χ4n) is 3.54. The maximum Gasteiger partial charge on any atom is 0.161 e. The largest absolute Gasteiger partial charge is 0.486 e. The molecule has 1 saturated carbocycles. The van der Waals surface area contributed by atoms with Crippen molar-refractivity contribution in [1.82, 2.24) is 5.32 Å². The highest BCUT2D eigenvalue weighted by Crippen LogP contribution is 2.35. The van der Waals surface area contributed by atoms with E-state index in [2.05, 4.69) is 31.3 Å². The van der Waals surface area contributed by atoms with Gasteiger partial charge in [0.2, 0.25) is 0 Å². The summed E-state index contributed by atoms with van der Waals surface area (Å²) in [5.41, 5.74) is 1.83. The first-order valence-electron chi connectivity index (χ1n) is 8.24. The monoisotopic (exact) mass is 289 g/mol. The highest BCUT2D eigenvalue weighted by molar-refractivity contribution is 5.43. The van der Waals surface area contributed by atoms with E-state index in [9.17, 15) is 0 Å². The van der Waals surface area contributed by atoms with Gasteiger partial charge in [0, 0.05) is 6.04 Å². The molecule has 116 valence electrons. The van der Waals surface area contributed by atoms with Gasteiger partial charge in [0.15, 0.2) is 11.5 Å². The van der Waals surface area contributed by atoms with Crippen LogP contribution in [0.2, 0.25) is 0 Å². The lowest BCUT2D eigenvalue weighted by Crippen LogP contribution is -2.38. The predicted octanol–water partition coefficient (Wildman–Crippen LogP) is 3.56. The molecule has 0 amide bonds. The van der Waals surface area contributed by atoms with Crippen LogP contribution in [0.25, 0.3) is 0 Å². The van der Waals surface area contributed by atoms with E-state index >= 15 is 0 Å². The van der Waals surface area contributed by atoms with E-state index in [0.717, 1.165) is 24.5 Å². The third-order valence-corrected chi connectivity index (χ3v) is 4.66. The molecule has 2 aliphatic rings. The zero-order valence-electron chi connectivity index (χ0n) is 13.3. The van der Waals surface area contributed by atoms with Gasteiger partial charge in [-0.3, -0.25) is 0 Å². The number of hydrogen-bond acceptors (Lipinski definition) is 3. The number of fused-ring (bicyclic) bond motifs is 1. The number of ether oxygens (including phenoxy) is 2.